The number of hydrogen-bond acceptors (Lipinski definition) is 6. The summed E-state index contributed by atoms with van der Waals surface area (Å²) in [6, 6.07) is 0. The molecule has 0 atom stereocenters. The number of H-pyrrole nitrogens is 1. The number of carbonyl (C=O) groups excluding carboxylic acids is 1. The Kier molecular flexibility index (Phi) is 3.31. The van der Waals surface area contributed by atoms with Crippen molar-refractivity contribution in [1.29, 1.82) is 0 Å². The number of nitrogens with zero attached hydrogens (tertiary/aromatic N) is 3. The summed E-state index contributed by atoms with van der Waals surface area (Å²) in [5.41, 5.74) is 0.700. The van der Waals surface area contributed by atoms with E-state index in [1.807, 2.05) is 0 Å². The first-order valence-corrected chi connectivity index (χ1v) is 7.11. The third kappa shape index (κ3) is 2.74. The van der Waals surface area contributed by atoms with Crippen LogP contribution in [-0.4, -0.2) is 26.1 Å². The molecule has 0 radical (unpaired) electrons. The summed E-state index contributed by atoms with van der Waals surface area (Å²) in [4.78, 5) is 29.8. The molecule has 0 aromatic carbocycles. The molecule has 1 fully saturated rings. The standard InChI is InChI=1S/C12H13N5O2S/c1-6-8(13-5-14-10(6)19)4-9(18)15-12-17-16-11(20-12)7-2-3-7/h5,7H,2-4H2,1H3,(H,13,14,19)(H,15,17,18). The van der Waals surface area contributed by atoms with Gasteiger partial charge in [-0.25, -0.2) is 4.98 Å². The molecule has 0 spiro atoms. The van der Waals surface area contributed by atoms with Crippen LogP contribution in [0.4, 0.5) is 5.13 Å². The summed E-state index contributed by atoms with van der Waals surface area (Å²) in [5.74, 6) is 0.277. The smallest absolute Gasteiger partial charge is 0.253 e. The lowest BCUT2D eigenvalue weighted by Crippen LogP contribution is -2.20. The van der Waals surface area contributed by atoms with Crippen LogP contribution in [0.5, 0.6) is 0 Å². The Morgan fingerprint density at radius 1 is 1.50 bits per heavy atom. The van der Waals surface area contributed by atoms with Crippen LogP contribution in [0.2, 0.25) is 0 Å². The summed E-state index contributed by atoms with van der Waals surface area (Å²) in [5, 5.41) is 12.2. The number of rotatable bonds is 4. The quantitative estimate of drug-likeness (QED) is 0.874. The van der Waals surface area contributed by atoms with Crippen LogP contribution in [0.1, 0.15) is 35.0 Å². The maximum atomic E-state index is 11.9. The van der Waals surface area contributed by atoms with Gasteiger partial charge >= 0.3 is 0 Å². The van der Waals surface area contributed by atoms with Crippen LogP contribution < -0.4 is 10.9 Å². The van der Waals surface area contributed by atoms with Gasteiger partial charge in [-0.05, 0) is 19.8 Å². The summed E-state index contributed by atoms with van der Waals surface area (Å²) >= 11 is 1.41. The zero-order chi connectivity index (χ0) is 14.1. The molecular weight excluding hydrogens is 278 g/mol. The lowest BCUT2D eigenvalue weighted by atomic mass is 10.2. The van der Waals surface area contributed by atoms with Crippen molar-refractivity contribution in [3.8, 4) is 0 Å². The minimum atomic E-state index is -0.246. The Labute approximate surface area is 118 Å². The monoisotopic (exact) mass is 291 g/mol. The number of nitrogens with one attached hydrogen (secondary N) is 2. The van der Waals surface area contributed by atoms with Gasteiger partial charge in [0.2, 0.25) is 11.0 Å². The van der Waals surface area contributed by atoms with Crippen LogP contribution in [0.15, 0.2) is 11.1 Å². The Bertz CT molecular complexity index is 704. The molecule has 1 aliphatic carbocycles. The molecule has 0 aliphatic heterocycles. The maximum absolute atomic E-state index is 11.9. The summed E-state index contributed by atoms with van der Waals surface area (Å²) in [6.07, 6.45) is 3.65. The Morgan fingerprint density at radius 2 is 2.30 bits per heavy atom. The molecule has 1 amide bonds. The number of aromatic amines is 1. The van der Waals surface area contributed by atoms with Gasteiger partial charge in [0, 0.05) is 11.5 Å². The van der Waals surface area contributed by atoms with Crippen molar-refractivity contribution >= 4 is 22.4 Å². The molecule has 2 aromatic rings. The third-order valence-corrected chi connectivity index (χ3v) is 4.13. The van der Waals surface area contributed by atoms with Gasteiger partial charge in [0.25, 0.3) is 5.56 Å². The molecule has 2 aromatic heterocycles. The van der Waals surface area contributed by atoms with Gasteiger partial charge in [0.1, 0.15) is 5.01 Å². The van der Waals surface area contributed by atoms with Gasteiger partial charge in [-0.3, -0.25) is 9.59 Å². The van der Waals surface area contributed by atoms with Gasteiger partial charge in [-0.1, -0.05) is 11.3 Å². The molecule has 3 rings (SSSR count). The van der Waals surface area contributed by atoms with Crippen molar-refractivity contribution in [3.05, 3.63) is 32.9 Å². The van der Waals surface area contributed by atoms with Crippen molar-refractivity contribution in [2.45, 2.75) is 32.1 Å². The molecule has 7 nitrogen and oxygen atoms in total. The zero-order valence-corrected chi connectivity index (χ0v) is 11.7. The largest absolute Gasteiger partial charge is 0.313 e. The number of carbonyl (C=O) groups is 1. The predicted molar refractivity (Wildman–Crippen MR) is 73.8 cm³/mol. The van der Waals surface area contributed by atoms with Gasteiger partial charge in [0.15, 0.2) is 0 Å². The van der Waals surface area contributed by atoms with E-state index in [4.69, 9.17) is 0 Å². The molecule has 0 unspecified atom stereocenters. The first-order valence-electron chi connectivity index (χ1n) is 6.30. The molecule has 104 valence electrons. The van der Waals surface area contributed by atoms with Gasteiger partial charge in [-0.15, -0.1) is 10.2 Å². The lowest BCUT2D eigenvalue weighted by Gasteiger charge is -2.02. The van der Waals surface area contributed by atoms with Crippen LogP contribution in [0.3, 0.4) is 0 Å². The van der Waals surface area contributed by atoms with Crippen LogP contribution >= 0.6 is 11.3 Å². The average Bonchev–Trinajstić information content (AvgIpc) is 3.16. The number of anilines is 1. The fourth-order valence-corrected chi connectivity index (χ4v) is 2.71. The van der Waals surface area contributed by atoms with E-state index in [2.05, 4.69) is 25.5 Å². The van der Waals surface area contributed by atoms with Gasteiger partial charge in [-0.2, -0.15) is 0 Å². The fourth-order valence-electron chi connectivity index (χ4n) is 1.78. The first-order chi connectivity index (χ1) is 9.63. The highest BCUT2D eigenvalue weighted by Gasteiger charge is 2.27. The number of amides is 1. The molecule has 8 heteroatoms. The second-order valence-corrected chi connectivity index (χ2v) is 5.76. The summed E-state index contributed by atoms with van der Waals surface area (Å²) in [6.45, 7) is 1.64. The number of aromatic nitrogens is 4. The third-order valence-electron chi connectivity index (χ3n) is 3.13. The van der Waals surface area contributed by atoms with E-state index in [0.717, 1.165) is 17.8 Å². The number of hydrogen-bond donors (Lipinski definition) is 2. The van der Waals surface area contributed by atoms with E-state index in [9.17, 15) is 9.59 Å². The summed E-state index contributed by atoms with van der Waals surface area (Å²) < 4.78 is 0. The maximum Gasteiger partial charge on any atom is 0.253 e. The second-order valence-electron chi connectivity index (χ2n) is 4.75. The van der Waals surface area contributed by atoms with E-state index >= 15 is 0 Å². The van der Waals surface area contributed by atoms with E-state index in [1.54, 1.807) is 6.92 Å². The first kappa shape index (κ1) is 12.9. The summed E-state index contributed by atoms with van der Waals surface area (Å²) in [7, 11) is 0. The zero-order valence-electron chi connectivity index (χ0n) is 10.8. The lowest BCUT2D eigenvalue weighted by molar-refractivity contribution is -0.115. The van der Waals surface area contributed by atoms with Crippen molar-refractivity contribution < 1.29 is 4.79 Å². The van der Waals surface area contributed by atoms with Crippen molar-refractivity contribution in [2.24, 2.45) is 0 Å². The normalized spacial score (nSPS) is 14.2. The van der Waals surface area contributed by atoms with E-state index < -0.39 is 0 Å². The van der Waals surface area contributed by atoms with E-state index in [1.165, 1.54) is 17.7 Å². The average molecular weight is 291 g/mol. The van der Waals surface area contributed by atoms with Crippen LogP contribution in [0.25, 0.3) is 0 Å². The molecule has 20 heavy (non-hydrogen) atoms. The topological polar surface area (TPSA) is 101 Å². The second kappa shape index (κ2) is 5.12. The molecular formula is C12H13N5O2S. The van der Waals surface area contributed by atoms with Gasteiger partial charge < -0.3 is 10.3 Å². The predicted octanol–water partition coefficient (Wildman–Crippen LogP) is 0.988. The minimum absolute atomic E-state index is 0.0497. The Hall–Kier alpha value is -2.09. The van der Waals surface area contributed by atoms with E-state index in [0.29, 0.717) is 22.3 Å². The highest BCUT2D eigenvalue weighted by atomic mass is 32.1. The van der Waals surface area contributed by atoms with Crippen LogP contribution in [-0.2, 0) is 11.2 Å². The Morgan fingerprint density at radius 3 is 3.05 bits per heavy atom. The molecule has 1 saturated carbocycles. The van der Waals surface area contributed by atoms with Crippen LogP contribution in [0, 0.1) is 6.92 Å². The molecule has 0 saturated heterocycles. The highest BCUT2D eigenvalue weighted by Crippen LogP contribution is 2.41. The van der Waals surface area contributed by atoms with E-state index in [-0.39, 0.29) is 17.9 Å². The molecule has 2 heterocycles. The molecule has 1 aliphatic rings. The fraction of sp³-hybridized carbons (Fsp3) is 0.417. The van der Waals surface area contributed by atoms with Crippen molar-refractivity contribution in [1.82, 2.24) is 20.2 Å². The molecule has 0 bridgehead atoms. The van der Waals surface area contributed by atoms with Crippen molar-refractivity contribution in [2.75, 3.05) is 5.32 Å². The molecule has 2 N–H and O–H groups in total. The van der Waals surface area contributed by atoms with Crippen molar-refractivity contribution in [3.63, 3.8) is 0 Å². The SMILES string of the molecule is Cc1c(CC(=O)Nc2nnc(C3CC3)s2)nc[nH]c1=O. The minimum Gasteiger partial charge on any atom is -0.313 e. The van der Waals surface area contributed by atoms with Gasteiger partial charge in [0.05, 0.1) is 18.4 Å². The Balaban J connectivity index is 1.66. The highest BCUT2D eigenvalue weighted by molar-refractivity contribution is 7.15.